The molecule has 240 valence electrons. The number of aliphatic imine (C=N–C) groups is 1. The van der Waals surface area contributed by atoms with Crippen LogP contribution in [0.1, 0.15) is 35.6 Å². The van der Waals surface area contributed by atoms with Gasteiger partial charge in [0.2, 0.25) is 5.91 Å². The zero-order valence-corrected chi connectivity index (χ0v) is 26.6. The van der Waals surface area contributed by atoms with E-state index in [0.717, 1.165) is 46.3 Å². The number of rotatable bonds is 9. The van der Waals surface area contributed by atoms with Crippen molar-refractivity contribution in [2.45, 2.75) is 46.9 Å². The minimum atomic E-state index is -4.75. The Hall–Kier alpha value is -4.65. The summed E-state index contributed by atoms with van der Waals surface area (Å²) in [6, 6.07) is 16.8. The summed E-state index contributed by atoms with van der Waals surface area (Å²) in [6.07, 6.45) is -1.72. The minimum absolute atomic E-state index is 0.0940. The molecule has 1 unspecified atom stereocenters. The van der Waals surface area contributed by atoms with Gasteiger partial charge in [0.15, 0.2) is 11.0 Å². The van der Waals surface area contributed by atoms with Crippen molar-refractivity contribution >= 4 is 34.6 Å². The zero-order valence-electron chi connectivity index (χ0n) is 25.8. The van der Waals surface area contributed by atoms with Crippen molar-refractivity contribution in [1.82, 2.24) is 20.1 Å². The third-order valence-corrected chi connectivity index (χ3v) is 8.28. The third-order valence-electron chi connectivity index (χ3n) is 7.36. The van der Waals surface area contributed by atoms with E-state index in [-0.39, 0.29) is 23.3 Å². The highest BCUT2D eigenvalue weighted by Gasteiger charge is 2.33. The van der Waals surface area contributed by atoms with Crippen LogP contribution in [-0.2, 0) is 11.2 Å². The third kappa shape index (κ3) is 8.13. The summed E-state index contributed by atoms with van der Waals surface area (Å²) in [5, 5.41) is 7.69. The first kappa shape index (κ1) is 32.7. The number of hydrogen-bond acceptors (Lipinski definition) is 6. The second kappa shape index (κ2) is 13.8. The van der Waals surface area contributed by atoms with Gasteiger partial charge in [-0.3, -0.25) is 9.69 Å². The maximum atomic E-state index is 12.7. The number of urea groups is 1. The molecule has 4 aromatic rings. The van der Waals surface area contributed by atoms with E-state index < -0.39 is 12.4 Å². The molecule has 5 rings (SSSR count). The van der Waals surface area contributed by atoms with Crippen molar-refractivity contribution in [3.05, 3.63) is 89.2 Å². The Kier molecular flexibility index (Phi) is 9.80. The fourth-order valence-corrected chi connectivity index (χ4v) is 6.21. The average molecular weight is 651 g/mol. The topological polar surface area (TPSA) is 102 Å². The number of carbonyl (C=O) groups is 2. The number of nitrogens with one attached hydrogen (secondary N) is 1. The highest BCUT2D eigenvalue weighted by Crippen LogP contribution is 2.33. The predicted octanol–water partition coefficient (Wildman–Crippen LogP) is 7.17. The molecule has 0 aliphatic carbocycles. The molecule has 46 heavy (non-hydrogen) atoms. The number of halogens is 3. The smallest absolute Gasteiger partial charge is 0.406 e. The lowest BCUT2D eigenvalue weighted by Crippen LogP contribution is -2.32. The number of ether oxygens (including phenoxy) is 1. The quantitative estimate of drug-likeness (QED) is 0.206. The second-order valence-electron chi connectivity index (χ2n) is 11.2. The molecule has 1 N–H and O–H groups in total. The van der Waals surface area contributed by atoms with Crippen molar-refractivity contribution < 1.29 is 27.5 Å². The highest BCUT2D eigenvalue weighted by atomic mass is 32.2. The number of benzene rings is 3. The van der Waals surface area contributed by atoms with E-state index in [1.165, 1.54) is 47.0 Å². The zero-order chi connectivity index (χ0) is 33.0. The van der Waals surface area contributed by atoms with E-state index in [1.807, 2.05) is 57.2 Å². The molecule has 1 atom stereocenters. The van der Waals surface area contributed by atoms with Crippen LogP contribution in [0.2, 0.25) is 0 Å². The van der Waals surface area contributed by atoms with Crippen molar-refractivity contribution in [3.8, 4) is 22.8 Å². The van der Waals surface area contributed by atoms with Crippen molar-refractivity contribution in [1.29, 1.82) is 0 Å². The highest BCUT2D eigenvalue weighted by molar-refractivity contribution is 8.15. The van der Waals surface area contributed by atoms with E-state index >= 15 is 0 Å². The minimum Gasteiger partial charge on any atom is -0.406 e. The summed E-state index contributed by atoms with van der Waals surface area (Å²) >= 11 is 1.26. The molecule has 1 aromatic heterocycles. The van der Waals surface area contributed by atoms with Crippen LogP contribution in [0.3, 0.4) is 0 Å². The molecule has 0 bridgehead atoms. The van der Waals surface area contributed by atoms with Crippen LogP contribution < -0.4 is 15.0 Å². The molecular weight excluding hydrogens is 617 g/mol. The van der Waals surface area contributed by atoms with E-state index in [9.17, 15) is 22.8 Å². The normalized spacial score (nSPS) is 15.0. The molecule has 3 aromatic carbocycles. The van der Waals surface area contributed by atoms with Gasteiger partial charge < -0.3 is 10.1 Å². The van der Waals surface area contributed by atoms with Crippen molar-refractivity contribution in [3.63, 3.8) is 0 Å². The van der Waals surface area contributed by atoms with Crippen LogP contribution in [0, 0.1) is 26.7 Å². The molecule has 0 saturated carbocycles. The SMILES string of the molecule is Cc1cc(C)c(N2C(=O)CSC2=NC(=O)NCCC(C)Cc2ccc(-c3ncn(-c4ccc(OC(F)(F)F)cc4)n3)cc2)c(C)c1. The van der Waals surface area contributed by atoms with Gasteiger partial charge >= 0.3 is 12.4 Å². The van der Waals surface area contributed by atoms with Crippen LogP contribution in [0.4, 0.5) is 23.7 Å². The molecule has 1 fully saturated rings. The fourth-order valence-electron chi connectivity index (χ4n) is 5.36. The maximum absolute atomic E-state index is 12.7. The number of nitrogens with zero attached hydrogens (tertiary/aromatic N) is 5. The van der Waals surface area contributed by atoms with Gasteiger partial charge in [0.05, 0.1) is 17.1 Å². The van der Waals surface area contributed by atoms with Crippen LogP contribution in [0.5, 0.6) is 5.75 Å². The molecular formula is C33H33F3N6O3S. The molecule has 0 spiro atoms. The van der Waals surface area contributed by atoms with E-state index in [0.29, 0.717) is 23.2 Å². The number of hydrogen-bond donors (Lipinski definition) is 1. The maximum Gasteiger partial charge on any atom is 0.573 e. The van der Waals surface area contributed by atoms with Gasteiger partial charge in [-0.05, 0) is 80.5 Å². The Morgan fingerprint density at radius 3 is 2.39 bits per heavy atom. The molecule has 1 saturated heterocycles. The van der Waals surface area contributed by atoms with E-state index in [1.54, 1.807) is 4.90 Å². The van der Waals surface area contributed by atoms with Gasteiger partial charge in [-0.2, -0.15) is 4.99 Å². The van der Waals surface area contributed by atoms with Crippen LogP contribution in [0.25, 0.3) is 17.1 Å². The summed E-state index contributed by atoms with van der Waals surface area (Å²) < 4.78 is 42.6. The lowest BCUT2D eigenvalue weighted by atomic mass is 9.97. The molecule has 13 heteroatoms. The van der Waals surface area contributed by atoms with E-state index in [2.05, 4.69) is 32.1 Å². The number of amides is 3. The van der Waals surface area contributed by atoms with Gasteiger partial charge in [0.1, 0.15) is 12.1 Å². The fraction of sp³-hybridized carbons (Fsp3) is 0.303. The largest absolute Gasteiger partial charge is 0.573 e. The predicted molar refractivity (Wildman–Crippen MR) is 172 cm³/mol. The Morgan fingerprint density at radius 1 is 1.07 bits per heavy atom. The number of amidine groups is 1. The first-order valence-electron chi connectivity index (χ1n) is 14.6. The summed E-state index contributed by atoms with van der Waals surface area (Å²) in [7, 11) is 0. The van der Waals surface area contributed by atoms with Crippen LogP contribution >= 0.6 is 11.8 Å². The van der Waals surface area contributed by atoms with E-state index in [4.69, 9.17) is 0 Å². The first-order chi connectivity index (χ1) is 21.9. The number of alkyl halides is 3. The van der Waals surface area contributed by atoms with Gasteiger partial charge in [0.25, 0.3) is 0 Å². The van der Waals surface area contributed by atoms with Crippen molar-refractivity contribution in [2.75, 3.05) is 17.2 Å². The molecule has 1 aliphatic heterocycles. The lowest BCUT2D eigenvalue weighted by molar-refractivity contribution is -0.274. The van der Waals surface area contributed by atoms with Crippen LogP contribution in [-0.4, -0.2) is 50.5 Å². The Balaban J connectivity index is 1.12. The standard InChI is InChI=1S/C33H33F3N6O3S/c1-20(13-14-37-31(44)39-32-42(28(43)18-46-32)29-22(3)15-21(2)16-23(29)4)17-24-5-7-25(8-6-24)30-38-19-41(40-30)26-9-11-27(12-10-26)45-33(34,35)36/h5-12,15-16,19-20H,13-14,17-18H2,1-4H3,(H,37,44). The molecule has 3 amide bonds. The van der Waals surface area contributed by atoms with Gasteiger partial charge in [0, 0.05) is 12.1 Å². The summed E-state index contributed by atoms with van der Waals surface area (Å²) in [4.78, 5) is 35.5. The van der Waals surface area contributed by atoms with Gasteiger partial charge in [-0.15, -0.1) is 18.3 Å². The number of carbonyl (C=O) groups excluding carboxylic acids is 2. The lowest BCUT2D eigenvalue weighted by Gasteiger charge is -2.21. The molecule has 2 heterocycles. The number of anilines is 1. The van der Waals surface area contributed by atoms with Gasteiger partial charge in [-0.1, -0.05) is 60.6 Å². The average Bonchev–Trinajstić information content (AvgIpc) is 3.60. The van der Waals surface area contributed by atoms with Gasteiger partial charge in [-0.25, -0.2) is 14.5 Å². The molecule has 9 nitrogen and oxygen atoms in total. The van der Waals surface area contributed by atoms with Crippen LogP contribution in [0.15, 0.2) is 72.0 Å². The monoisotopic (exact) mass is 650 g/mol. The summed E-state index contributed by atoms with van der Waals surface area (Å²) in [5.74, 6) is 0.590. The summed E-state index contributed by atoms with van der Waals surface area (Å²) in [6.45, 7) is 8.47. The number of aryl methyl sites for hydroxylation is 3. The number of aromatic nitrogens is 3. The first-order valence-corrected chi connectivity index (χ1v) is 15.6. The second-order valence-corrected chi connectivity index (χ2v) is 12.2. The van der Waals surface area contributed by atoms with Crippen molar-refractivity contribution in [2.24, 2.45) is 10.9 Å². The molecule has 0 radical (unpaired) electrons. The Morgan fingerprint density at radius 2 is 1.74 bits per heavy atom. The Labute approximate surface area is 268 Å². The summed E-state index contributed by atoms with van der Waals surface area (Å²) in [5.41, 5.74) is 6.26. The number of thioether (sulfide) groups is 1. The molecule has 1 aliphatic rings. The Bertz CT molecular complexity index is 1730.